The summed E-state index contributed by atoms with van der Waals surface area (Å²) in [4.78, 5) is 13.6. The predicted molar refractivity (Wildman–Crippen MR) is 71.7 cm³/mol. The highest BCUT2D eigenvalue weighted by Gasteiger charge is 2.34. The van der Waals surface area contributed by atoms with Crippen molar-refractivity contribution in [2.45, 2.75) is 31.6 Å². The van der Waals surface area contributed by atoms with E-state index >= 15 is 0 Å². The van der Waals surface area contributed by atoms with Crippen molar-refractivity contribution in [3.8, 4) is 0 Å². The third-order valence-corrected chi connectivity index (χ3v) is 3.12. The summed E-state index contributed by atoms with van der Waals surface area (Å²) in [6.45, 7) is -1.59. The molecule has 0 radical (unpaired) electrons. The molecule has 0 bridgehead atoms. The number of amides is 1. The number of anilines is 1. The minimum absolute atomic E-state index is 0.0516. The van der Waals surface area contributed by atoms with Gasteiger partial charge in [-0.25, -0.2) is 0 Å². The Morgan fingerprint density at radius 3 is 2.38 bits per heavy atom. The lowest BCUT2D eigenvalue weighted by Crippen LogP contribution is -2.36. The number of hydrogen-bond donors (Lipinski definition) is 1. The third-order valence-electron chi connectivity index (χ3n) is 3.12. The molecule has 0 spiro atoms. The minimum Gasteiger partial charge on any atom is -0.362 e. The van der Waals surface area contributed by atoms with Gasteiger partial charge in [0.05, 0.1) is 0 Å². The Bertz CT molecular complexity index is 484. The first kappa shape index (κ1) is 15.8. The van der Waals surface area contributed by atoms with Crippen LogP contribution in [0.25, 0.3) is 0 Å². The average Bonchev–Trinajstić information content (AvgIpc) is 3.23. The zero-order chi connectivity index (χ0) is 15.5. The van der Waals surface area contributed by atoms with Crippen LogP contribution in [0.3, 0.4) is 0 Å². The lowest BCUT2D eigenvalue weighted by molar-refractivity contribution is -0.175. The number of nitrogens with zero attached hydrogens (tertiary/aromatic N) is 1. The van der Waals surface area contributed by atoms with E-state index in [2.05, 4.69) is 4.74 Å². The Morgan fingerprint density at radius 2 is 1.90 bits per heavy atom. The monoisotopic (exact) mass is 302 g/mol. The number of ether oxygens (including phenoxy) is 1. The zero-order valence-corrected chi connectivity index (χ0v) is 11.4. The van der Waals surface area contributed by atoms with Crippen LogP contribution in [-0.4, -0.2) is 31.3 Å². The van der Waals surface area contributed by atoms with Crippen molar-refractivity contribution in [3.63, 3.8) is 0 Å². The maximum atomic E-state index is 12.1. The smallest absolute Gasteiger partial charge is 0.362 e. The Hall–Kier alpha value is -1.60. The van der Waals surface area contributed by atoms with Gasteiger partial charge in [0.15, 0.2) is 0 Å². The van der Waals surface area contributed by atoms with E-state index in [9.17, 15) is 18.0 Å². The fourth-order valence-corrected chi connectivity index (χ4v) is 2.01. The van der Waals surface area contributed by atoms with Crippen molar-refractivity contribution < 1.29 is 22.7 Å². The van der Waals surface area contributed by atoms with Crippen LogP contribution in [-0.2, 0) is 16.1 Å². The standard InChI is InChI=1S/C14H17F3N2O2/c15-14(16,17)9-21-8-13(20)19(12-5-6-12)11-3-1-10(7-18)2-4-11/h1-4,12H,5-9,18H2. The minimum atomic E-state index is -4.42. The fraction of sp³-hybridized carbons (Fsp3) is 0.500. The Morgan fingerprint density at radius 1 is 1.29 bits per heavy atom. The summed E-state index contributed by atoms with van der Waals surface area (Å²) in [7, 11) is 0. The molecule has 0 unspecified atom stereocenters. The van der Waals surface area contributed by atoms with Gasteiger partial charge in [0, 0.05) is 18.3 Å². The van der Waals surface area contributed by atoms with Crippen LogP contribution in [0.5, 0.6) is 0 Å². The van der Waals surface area contributed by atoms with Crippen LogP contribution in [0.4, 0.5) is 18.9 Å². The second-order valence-corrected chi connectivity index (χ2v) is 4.97. The summed E-state index contributed by atoms with van der Waals surface area (Å²) in [5.41, 5.74) is 7.10. The maximum absolute atomic E-state index is 12.1. The quantitative estimate of drug-likeness (QED) is 0.876. The number of hydrogen-bond acceptors (Lipinski definition) is 3. The summed E-state index contributed by atoms with van der Waals surface area (Å²) in [6.07, 6.45) is -2.72. The van der Waals surface area contributed by atoms with Crippen molar-refractivity contribution in [2.75, 3.05) is 18.1 Å². The van der Waals surface area contributed by atoms with Crippen LogP contribution >= 0.6 is 0 Å². The van der Waals surface area contributed by atoms with Crippen molar-refractivity contribution in [1.29, 1.82) is 0 Å². The van der Waals surface area contributed by atoms with Crippen molar-refractivity contribution in [3.05, 3.63) is 29.8 Å². The molecule has 2 rings (SSSR count). The van der Waals surface area contributed by atoms with E-state index in [4.69, 9.17) is 5.73 Å². The summed E-state index contributed by atoms with van der Waals surface area (Å²) in [5.74, 6) is -0.456. The molecule has 0 atom stereocenters. The van der Waals surface area contributed by atoms with Gasteiger partial charge in [-0.1, -0.05) is 12.1 Å². The highest BCUT2D eigenvalue weighted by molar-refractivity contribution is 5.95. The maximum Gasteiger partial charge on any atom is 0.411 e. The number of carbonyl (C=O) groups is 1. The van der Waals surface area contributed by atoms with Crippen molar-refractivity contribution in [2.24, 2.45) is 5.73 Å². The molecule has 0 aromatic heterocycles. The molecule has 1 fully saturated rings. The first-order valence-corrected chi connectivity index (χ1v) is 6.66. The van der Waals surface area contributed by atoms with Crippen LogP contribution in [0.1, 0.15) is 18.4 Å². The molecule has 7 heteroatoms. The summed E-state index contributed by atoms with van der Waals surface area (Å²) in [6, 6.07) is 7.16. The summed E-state index contributed by atoms with van der Waals surface area (Å²) < 4.78 is 40.5. The van der Waals surface area contributed by atoms with Gasteiger partial charge in [-0.05, 0) is 30.5 Å². The fourth-order valence-electron chi connectivity index (χ4n) is 2.01. The van der Waals surface area contributed by atoms with Gasteiger partial charge in [-0.3, -0.25) is 4.79 Å². The Kier molecular flexibility index (Phi) is 4.84. The molecule has 4 nitrogen and oxygen atoms in total. The third kappa shape index (κ3) is 4.71. The highest BCUT2D eigenvalue weighted by atomic mass is 19.4. The van der Waals surface area contributed by atoms with E-state index in [1.807, 2.05) is 0 Å². The van der Waals surface area contributed by atoms with Gasteiger partial charge >= 0.3 is 6.18 Å². The van der Waals surface area contributed by atoms with Gasteiger partial charge in [0.25, 0.3) is 5.91 Å². The number of nitrogens with two attached hydrogens (primary N) is 1. The van der Waals surface area contributed by atoms with E-state index in [1.165, 1.54) is 4.90 Å². The number of halogens is 3. The SMILES string of the molecule is NCc1ccc(N(C(=O)COCC(F)(F)F)C2CC2)cc1. The van der Waals surface area contributed by atoms with E-state index in [-0.39, 0.29) is 6.04 Å². The largest absolute Gasteiger partial charge is 0.411 e. The number of benzene rings is 1. The number of carbonyl (C=O) groups excluding carboxylic acids is 1. The molecule has 1 aromatic rings. The topological polar surface area (TPSA) is 55.6 Å². The number of rotatable bonds is 6. The molecule has 21 heavy (non-hydrogen) atoms. The van der Waals surface area contributed by atoms with Gasteiger partial charge in [-0.15, -0.1) is 0 Å². The second kappa shape index (κ2) is 6.44. The second-order valence-electron chi connectivity index (χ2n) is 4.97. The Balaban J connectivity index is 1.99. The van der Waals surface area contributed by atoms with Crippen LogP contribution in [0.15, 0.2) is 24.3 Å². The molecule has 1 aliphatic rings. The van der Waals surface area contributed by atoms with E-state index in [0.29, 0.717) is 12.2 Å². The first-order chi connectivity index (χ1) is 9.90. The van der Waals surface area contributed by atoms with Crippen LogP contribution in [0, 0.1) is 0 Å². The normalized spacial score (nSPS) is 15.0. The van der Waals surface area contributed by atoms with Gasteiger partial charge < -0.3 is 15.4 Å². The van der Waals surface area contributed by atoms with Crippen molar-refractivity contribution >= 4 is 11.6 Å². The summed E-state index contributed by atoms with van der Waals surface area (Å²) >= 11 is 0. The predicted octanol–water partition coefficient (Wildman–Crippen LogP) is 2.22. The molecule has 1 saturated carbocycles. The molecule has 0 aliphatic heterocycles. The molecule has 0 saturated heterocycles. The van der Waals surface area contributed by atoms with Gasteiger partial charge in [0.2, 0.25) is 0 Å². The van der Waals surface area contributed by atoms with Crippen molar-refractivity contribution in [1.82, 2.24) is 0 Å². The first-order valence-electron chi connectivity index (χ1n) is 6.66. The lowest BCUT2D eigenvalue weighted by atomic mass is 10.2. The molecule has 2 N–H and O–H groups in total. The van der Waals surface area contributed by atoms with Crippen LogP contribution in [0.2, 0.25) is 0 Å². The molecular weight excluding hydrogens is 285 g/mol. The van der Waals surface area contributed by atoms with E-state index < -0.39 is 25.3 Å². The zero-order valence-electron chi connectivity index (χ0n) is 11.4. The molecular formula is C14H17F3N2O2. The Labute approximate surface area is 120 Å². The van der Waals surface area contributed by atoms with E-state index in [1.54, 1.807) is 24.3 Å². The van der Waals surface area contributed by atoms with E-state index in [0.717, 1.165) is 18.4 Å². The highest BCUT2D eigenvalue weighted by Crippen LogP contribution is 2.32. The van der Waals surface area contributed by atoms with Gasteiger partial charge in [-0.2, -0.15) is 13.2 Å². The molecule has 1 aliphatic carbocycles. The lowest BCUT2D eigenvalue weighted by Gasteiger charge is -2.23. The molecule has 116 valence electrons. The van der Waals surface area contributed by atoms with Gasteiger partial charge in [0.1, 0.15) is 13.2 Å². The number of alkyl halides is 3. The molecule has 0 heterocycles. The summed E-state index contributed by atoms with van der Waals surface area (Å²) in [5, 5.41) is 0. The average molecular weight is 302 g/mol. The molecule has 1 amide bonds. The molecule has 1 aromatic carbocycles. The van der Waals surface area contributed by atoms with Crippen LogP contribution < -0.4 is 10.6 Å².